The third-order valence-electron chi connectivity index (χ3n) is 5.77. The van der Waals surface area contributed by atoms with E-state index in [2.05, 4.69) is 30.5 Å². The number of nitrogen functional groups attached to an aromatic ring is 1. The van der Waals surface area contributed by atoms with Crippen LogP contribution in [0.2, 0.25) is 0 Å². The molecule has 0 saturated carbocycles. The van der Waals surface area contributed by atoms with E-state index in [4.69, 9.17) is 11.1 Å². The molecule has 35 heavy (non-hydrogen) atoms. The molecule has 0 saturated heterocycles. The van der Waals surface area contributed by atoms with Crippen molar-refractivity contribution in [3.63, 3.8) is 0 Å². The van der Waals surface area contributed by atoms with Crippen LogP contribution < -0.4 is 11.2 Å². The molecule has 9 nitrogen and oxygen atoms in total. The van der Waals surface area contributed by atoms with Crippen molar-refractivity contribution in [2.24, 2.45) is 5.10 Å². The first kappa shape index (κ1) is 22.0. The number of H-pyrrole nitrogens is 1. The highest BCUT2D eigenvalue weighted by molar-refractivity contribution is 6.14. The van der Waals surface area contributed by atoms with Gasteiger partial charge in [0, 0.05) is 18.0 Å². The van der Waals surface area contributed by atoms with Crippen molar-refractivity contribution in [1.82, 2.24) is 24.5 Å². The number of aromatic amines is 1. The van der Waals surface area contributed by atoms with Crippen LogP contribution in [0.1, 0.15) is 18.7 Å². The highest BCUT2D eigenvalue weighted by Crippen LogP contribution is 2.36. The lowest BCUT2D eigenvalue weighted by Crippen LogP contribution is -2.07. The molecule has 0 radical (unpaired) electrons. The van der Waals surface area contributed by atoms with E-state index in [0.717, 1.165) is 34.1 Å². The van der Waals surface area contributed by atoms with Gasteiger partial charge >= 0.3 is 0 Å². The molecular weight excluding hydrogens is 445 g/mol. The number of benzene rings is 2. The SMILES string of the molecule is CC(c1cnc(-c2ccccc2F)[nH]1)n1cc(-c2ccc(N/N=C\C=N)cc2)c2c(N)ncnc21. The zero-order valence-corrected chi connectivity index (χ0v) is 18.8. The summed E-state index contributed by atoms with van der Waals surface area (Å²) in [6.45, 7) is 2.01. The third kappa shape index (κ3) is 4.12. The van der Waals surface area contributed by atoms with Crippen molar-refractivity contribution in [1.29, 1.82) is 5.41 Å². The van der Waals surface area contributed by atoms with Gasteiger partial charge in [-0.05, 0) is 36.8 Å². The van der Waals surface area contributed by atoms with Crippen LogP contribution in [0, 0.1) is 11.2 Å². The summed E-state index contributed by atoms with van der Waals surface area (Å²) >= 11 is 0. The minimum atomic E-state index is -0.336. The summed E-state index contributed by atoms with van der Waals surface area (Å²) in [6.07, 6.45) is 7.58. The summed E-state index contributed by atoms with van der Waals surface area (Å²) in [5.74, 6) is 0.506. The molecule has 3 heterocycles. The zero-order chi connectivity index (χ0) is 24.4. The maximum absolute atomic E-state index is 14.2. The smallest absolute Gasteiger partial charge is 0.146 e. The molecule has 1 atom stereocenters. The molecule has 10 heteroatoms. The van der Waals surface area contributed by atoms with Gasteiger partial charge in [-0.15, -0.1) is 0 Å². The van der Waals surface area contributed by atoms with Gasteiger partial charge in [0.05, 0.1) is 40.8 Å². The summed E-state index contributed by atoms with van der Waals surface area (Å²) in [7, 11) is 0. The second kappa shape index (κ2) is 9.18. The molecule has 1 unspecified atom stereocenters. The molecule has 0 spiro atoms. The quantitative estimate of drug-likeness (QED) is 0.200. The van der Waals surface area contributed by atoms with Crippen LogP contribution in [0.5, 0.6) is 0 Å². The Bertz CT molecular complexity index is 1530. The second-order valence-electron chi connectivity index (χ2n) is 7.88. The van der Waals surface area contributed by atoms with E-state index in [1.807, 2.05) is 42.0 Å². The zero-order valence-electron chi connectivity index (χ0n) is 18.8. The summed E-state index contributed by atoms with van der Waals surface area (Å²) in [5, 5.41) is 11.7. The third-order valence-corrected chi connectivity index (χ3v) is 5.77. The normalized spacial score (nSPS) is 12.3. The number of hydrogen-bond donors (Lipinski definition) is 4. The molecule has 2 aromatic carbocycles. The molecule has 5 rings (SSSR count). The number of halogens is 1. The number of imidazole rings is 1. The molecule has 0 fully saturated rings. The Balaban J connectivity index is 1.54. The Morgan fingerprint density at radius 2 is 1.91 bits per heavy atom. The average Bonchev–Trinajstić information content (AvgIpc) is 3.51. The second-order valence-corrected chi connectivity index (χ2v) is 7.88. The fourth-order valence-corrected chi connectivity index (χ4v) is 3.98. The van der Waals surface area contributed by atoms with E-state index in [-0.39, 0.29) is 11.9 Å². The predicted octanol–water partition coefficient (Wildman–Crippen LogP) is 4.87. The Morgan fingerprint density at radius 1 is 1.11 bits per heavy atom. The largest absolute Gasteiger partial charge is 0.383 e. The van der Waals surface area contributed by atoms with Crippen LogP contribution in [-0.2, 0) is 0 Å². The maximum atomic E-state index is 14.2. The highest BCUT2D eigenvalue weighted by Gasteiger charge is 2.21. The van der Waals surface area contributed by atoms with Gasteiger partial charge < -0.3 is 20.7 Å². The molecule has 0 aliphatic heterocycles. The minimum Gasteiger partial charge on any atom is -0.383 e. The maximum Gasteiger partial charge on any atom is 0.146 e. The lowest BCUT2D eigenvalue weighted by Gasteiger charge is -2.13. The van der Waals surface area contributed by atoms with E-state index < -0.39 is 0 Å². The minimum absolute atomic E-state index is 0.190. The molecule has 0 aliphatic carbocycles. The molecule has 0 bridgehead atoms. The van der Waals surface area contributed by atoms with Gasteiger partial charge in [-0.1, -0.05) is 24.3 Å². The van der Waals surface area contributed by atoms with E-state index >= 15 is 0 Å². The van der Waals surface area contributed by atoms with Crippen molar-refractivity contribution in [2.45, 2.75) is 13.0 Å². The highest BCUT2D eigenvalue weighted by atomic mass is 19.1. The monoisotopic (exact) mass is 467 g/mol. The molecule has 0 amide bonds. The fourth-order valence-electron chi connectivity index (χ4n) is 3.98. The first-order chi connectivity index (χ1) is 17.1. The van der Waals surface area contributed by atoms with Gasteiger partial charge in [0.15, 0.2) is 0 Å². The number of rotatable bonds is 7. The summed E-state index contributed by atoms with van der Waals surface area (Å²) in [4.78, 5) is 16.3. The van der Waals surface area contributed by atoms with Gasteiger partial charge in [0.1, 0.15) is 29.4 Å². The lowest BCUT2D eigenvalue weighted by molar-refractivity contribution is 0.628. The van der Waals surface area contributed by atoms with Crippen LogP contribution in [0.15, 0.2) is 72.4 Å². The van der Waals surface area contributed by atoms with Gasteiger partial charge in [-0.2, -0.15) is 5.10 Å². The molecule has 0 aliphatic rings. The Hall–Kier alpha value is -4.86. The van der Waals surface area contributed by atoms with Crippen LogP contribution in [0.25, 0.3) is 33.5 Å². The van der Waals surface area contributed by atoms with Crippen LogP contribution in [0.4, 0.5) is 15.9 Å². The number of nitrogens with one attached hydrogen (secondary N) is 3. The van der Waals surface area contributed by atoms with E-state index in [1.165, 1.54) is 18.6 Å². The number of anilines is 2. The van der Waals surface area contributed by atoms with Gasteiger partial charge in [0.25, 0.3) is 0 Å². The average molecular weight is 468 g/mol. The lowest BCUT2D eigenvalue weighted by atomic mass is 10.1. The van der Waals surface area contributed by atoms with E-state index in [1.54, 1.807) is 24.4 Å². The summed E-state index contributed by atoms with van der Waals surface area (Å²) in [5.41, 5.74) is 13.6. The van der Waals surface area contributed by atoms with Gasteiger partial charge in [-0.3, -0.25) is 5.43 Å². The fraction of sp³-hybridized carbons (Fsp3) is 0.0800. The standard InChI is InChI=1S/C25H22FN9/c1-15(21-12-29-24(33-21)18-4-2-3-5-20(18)26)35-13-19(22-23(28)30-14-31-25(22)35)16-6-8-17(9-7-16)34-32-11-10-27/h2-15,27,34H,1H3,(H,29,33)(H2,28,30,31)/b27-10?,32-11-. The number of hydrogen-bond acceptors (Lipinski definition) is 7. The molecule has 3 aromatic heterocycles. The van der Waals surface area contributed by atoms with Crippen LogP contribution in [0.3, 0.4) is 0 Å². The Morgan fingerprint density at radius 3 is 2.69 bits per heavy atom. The van der Waals surface area contributed by atoms with Crippen molar-refractivity contribution in [3.05, 3.63) is 78.8 Å². The van der Waals surface area contributed by atoms with Crippen LogP contribution >= 0.6 is 0 Å². The van der Waals surface area contributed by atoms with Crippen molar-refractivity contribution in [2.75, 3.05) is 11.2 Å². The predicted molar refractivity (Wildman–Crippen MR) is 136 cm³/mol. The summed E-state index contributed by atoms with van der Waals surface area (Å²) < 4.78 is 16.3. The number of hydrazone groups is 1. The topological polar surface area (TPSA) is 134 Å². The first-order valence-corrected chi connectivity index (χ1v) is 10.9. The van der Waals surface area contributed by atoms with Crippen molar-refractivity contribution < 1.29 is 4.39 Å². The van der Waals surface area contributed by atoms with Gasteiger partial charge in [-0.25, -0.2) is 19.3 Å². The molecular formula is C25H22FN9. The number of nitrogens with zero attached hydrogens (tertiary/aromatic N) is 5. The van der Waals surface area contributed by atoms with Gasteiger partial charge in [0.2, 0.25) is 0 Å². The van der Waals surface area contributed by atoms with Crippen molar-refractivity contribution in [3.8, 4) is 22.5 Å². The van der Waals surface area contributed by atoms with Crippen LogP contribution in [-0.4, -0.2) is 36.9 Å². The Labute approximate surface area is 200 Å². The number of nitrogens with two attached hydrogens (primary N) is 1. The van der Waals surface area contributed by atoms with E-state index in [9.17, 15) is 4.39 Å². The first-order valence-electron chi connectivity index (χ1n) is 10.9. The molecule has 5 N–H and O–H groups in total. The molecule has 174 valence electrons. The number of fused-ring (bicyclic) bond motifs is 1. The van der Waals surface area contributed by atoms with E-state index in [0.29, 0.717) is 22.9 Å². The van der Waals surface area contributed by atoms with Crippen molar-refractivity contribution >= 4 is 35.0 Å². The Kier molecular flexibility index (Phi) is 5.76. The number of aromatic nitrogens is 5. The summed E-state index contributed by atoms with van der Waals surface area (Å²) in [6, 6.07) is 14.0. The molecule has 5 aromatic rings.